The number of carbonyl (C=O) groups excluding carboxylic acids is 1. The van der Waals surface area contributed by atoms with Gasteiger partial charge >= 0.3 is 5.97 Å². The Balaban J connectivity index is 1.46. The monoisotopic (exact) mass is 459 g/mol. The van der Waals surface area contributed by atoms with E-state index in [9.17, 15) is 4.79 Å². The minimum Gasteiger partial charge on any atom is -0.493 e. The zero-order valence-electron chi connectivity index (χ0n) is 17.4. The van der Waals surface area contributed by atoms with E-state index in [0.29, 0.717) is 17.0 Å². The fourth-order valence-electron chi connectivity index (χ4n) is 5.01. The number of rotatable bonds is 3. The van der Waals surface area contributed by atoms with E-state index in [1.807, 2.05) is 12.1 Å². The minimum absolute atomic E-state index is 0.132. The Bertz CT molecular complexity index is 1090. The number of esters is 1. The van der Waals surface area contributed by atoms with Crippen LogP contribution in [0.25, 0.3) is 0 Å². The number of carbonyl (C=O) groups is 1. The fourth-order valence-corrected chi connectivity index (χ4v) is 5.49. The van der Waals surface area contributed by atoms with Gasteiger partial charge in [0.25, 0.3) is 0 Å². The largest absolute Gasteiger partial charge is 0.493 e. The van der Waals surface area contributed by atoms with E-state index in [2.05, 4.69) is 24.1 Å². The minimum atomic E-state index is -0.471. The summed E-state index contributed by atoms with van der Waals surface area (Å²) in [5, 5.41) is 0.751. The highest BCUT2D eigenvalue weighted by Gasteiger charge is 2.53. The molecular formula is C24H23Cl2NO4. The summed E-state index contributed by atoms with van der Waals surface area (Å²) >= 11 is 12.1. The lowest BCUT2D eigenvalue weighted by Crippen LogP contribution is -2.43. The Morgan fingerprint density at radius 2 is 2.10 bits per heavy atom. The molecule has 1 aliphatic carbocycles. The zero-order valence-corrected chi connectivity index (χ0v) is 18.9. The molecule has 2 aliphatic heterocycles. The molecule has 1 spiro atoms. The van der Waals surface area contributed by atoms with Gasteiger partial charge in [0.05, 0.1) is 23.1 Å². The van der Waals surface area contributed by atoms with Gasteiger partial charge < -0.3 is 19.1 Å². The first-order valence-corrected chi connectivity index (χ1v) is 11.1. The van der Waals surface area contributed by atoms with Crippen molar-refractivity contribution in [3.05, 3.63) is 69.2 Å². The molecule has 2 heterocycles. The number of benzene rings is 2. The van der Waals surface area contributed by atoms with Crippen molar-refractivity contribution >= 4 is 29.2 Å². The molecule has 0 aromatic heterocycles. The summed E-state index contributed by atoms with van der Waals surface area (Å²) in [5.41, 5.74) is 2.52. The summed E-state index contributed by atoms with van der Waals surface area (Å²) in [6.45, 7) is 1.82. The molecule has 0 saturated heterocycles. The lowest BCUT2D eigenvalue weighted by molar-refractivity contribution is 0.0218. The van der Waals surface area contributed by atoms with Crippen LogP contribution in [0, 0.1) is 0 Å². The van der Waals surface area contributed by atoms with Crippen LogP contribution in [-0.2, 0) is 16.7 Å². The van der Waals surface area contributed by atoms with Crippen LogP contribution in [0.4, 0.5) is 0 Å². The third kappa shape index (κ3) is 3.39. The molecule has 0 radical (unpaired) electrons. The predicted octanol–water partition coefficient (Wildman–Crippen LogP) is 5.02. The van der Waals surface area contributed by atoms with Crippen molar-refractivity contribution in [3.8, 4) is 11.5 Å². The van der Waals surface area contributed by atoms with E-state index in [4.69, 9.17) is 37.4 Å². The quantitative estimate of drug-likeness (QED) is 0.476. The second-order valence-corrected chi connectivity index (χ2v) is 9.27. The summed E-state index contributed by atoms with van der Waals surface area (Å²) < 4.78 is 17.8. The van der Waals surface area contributed by atoms with Crippen molar-refractivity contribution in [1.82, 2.24) is 4.90 Å². The molecule has 0 fully saturated rings. The number of halogens is 2. The maximum absolute atomic E-state index is 12.7. The van der Waals surface area contributed by atoms with E-state index < -0.39 is 12.1 Å². The Kier molecular flexibility index (Phi) is 5.16. The SMILES string of the molecule is COc1ccc2c3c1OC1C[C@@H](OC(=O)c4ccc(Cl)cc4Cl)C=C[C@@]31CCN(C)C2. The molecule has 0 amide bonds. The highest BCUT2D eigenvalue weighted by Crippen LogP contribution is 2.55. The van der Waals surface area contributed by atoms with Gasteiger partial charge in [0, 0.05) is 23.6 Å². The molecule has 5 nitrogen and oxygen atoms in total. The Morgan fingerprint density at radius 1 is 1.26 bits per heavy atom. The third-order valence-corrected chi connectivity index (χ3v) is 7.09. The van der Waals surface area contributed by atoms with Crippen molar-refractivity contribution in [2.24, 2.45) is 0 Å². The topological polar surface area (TPSA) is 48.0 Å². The first-order valence-electron chi connectivity index (χ1n) is 10.3. The van der Waals surface area contributed by atoms with Crippen LogP contribution >= 0.6 is 23.2 Å². The third-order valence-electron chi connectivity index (χ3n) is 6.54. The molecule has 1 unspecified atom stereocenters. The maximum Gasteiger partial charge on any atom is 0.340 e. The standard InChI is InChI=1S/C24H23Cl2NO4/c1-27-10-9-24-8-7-16(30-23(28)17-5-4-15(25)11-18(17)26)12-20(24)31-22-19(29-2)6-3-14(13-27)21(22)24/h3-8,11,16,20H,9-10,12-13H2,1-2H3/t16-,20?,24-/m0/s1. The van der Waals surface area contributed by atoms with Gasteiger partial charge in [-0.05, 0) is 55.9 Å². The fraction of sp³-hybridized carbons (Fsp3) is 0.375. The summed E-state index contributed by atoms with van der Waals surface area (Å²) in [6, 6.07) is 8.86. The van der Waals surface area contributed by atoms with E-state index in [0.717, 1.165) is 31.0 Å². The Morgan fingerprint density at radius 3 is 2.87 bits per heavy atom. The number of hydrogen-bond acceptors (Lipinski definition) is 5. The first-order chi connectivity index (χ1) is 14.9. The van der Waals surface area contributed by atoms with E-state index in [1.54, 1.807) is 19.2 Å². The van der Waals surface area contributed by atoms with Crippen molar-refractivity contribution in [2.45, 2.75) is 37.0 Å². The maximum atomic E-state index is 12.7. The van der Waals surface area contributed by atoms with Gasteiger partial charge in [0.1, 0.15) is 12.2 Å². The predicted molar refractivity (Wildman–Crippen MR) is 119 cm³/mol. The molecule has 0 bridgehead atoms. The summed E-state index contributed by atoms with van der Waals surface area (Å²) in [7, 11) is 3.80. The van der Waals surface area contributed by atoms with Crippen LogP contribution in [0.2, 0.25) is 10.0 Å². The van der Waals surface area contributed by atoms with Crippen molar-refractivity contribution < 1.29 is 19.0 Å². The van der Waals surface area contributed by atoms with Gasteiger partial charge in [-0.3, -0.25) is 0 Å². The van der Waals surface area contributed by atoms with Crippen LogP contribution in [-0.4, -0.2) is 43.8 Å². The molecule has 7 heteroatoms. The molecule has 162 valence electrons. The van der Waals surface area contributed by atoms with Crippen molar-refractivity contribution in [3.63, 3.8) is 0 Å². The molecule has 2 aromatic carbocycles. The average Bonchev–Trinajstić information content (AvgIpc) is 2.99. The van der Waals surface area contributed by atoms with Crippen LogP contribution in [0.1, 0.15) is 34.3 Å². The van der Waals surface area contributed by atoms with Gasteiger partial charge in [-0.2, -0.15) is 0 Å². The van der Waals surface area contributed by atoms with Gasteiger partial charge in [0.15, 0.2) is 11.5 Å². The smallest absolute Gasteiger partial charge is 0.340 e. The van der Waals surface area contributed by atoms with Gasteiger partial charge in [-0.25, -0.2) is 4.79 Å². The highest BCUT2D eigenvalue weighted by molar-refractivity contribution is 6.36. The second-order valence-electron chi connectivity index (χ2n) is 8.43. The van der Waals surface area contributed by atoms with Gasteiger partial charge in [-0.1, -0.05) is 35.3 Å². The molecule has 2 aromatic rings. The zero-order chi connectivity index (χ0) is 21.8. The first kappa shape index (κ1) is 20.7. The van der Waals surface area contributed by atoms with E-state index >= 15 is 0 Å². The average molecular weight is 460 g/mol. The number of ether oxygens (including phenoxy) is 3. The molecule has 31 heavy (non-hydrogen) atoms. The molecule has 0 saturated carbocycles. The van der Waals surface area contributed by atoms with Crippen molar-refractivity contribution in [2.75, 3.05) is 20.7 Å². The molecule has 3 atom stereocenters. The van der Waals surface area contributed by atoms with Crippen LogP contribution in [0.15, 0.2) is 42.5 Å². The summed E-state index contributed by atoms with van der Waals surface area (Å²) in [4.78, 5) is 15.0. The molecule has 0 N–H and O–H groups in total. The highest BCUT2D eigenvalue weighted by atomic mass is 35.5. The molecule has 3 aliphatic rings. The van der Waals surface area contributed by atoms with Crippen molar-refractivity contribution in [1.29, 1.82) is 0 Å². The number of methoxy groups -OCH3 is 1. The lowest BCUT2D eigenvalue weighted by Gasteiger charge is -2.36. The van der Waals surface area contributed by atoms with Crippen LogP contribution < -0.4 is 9.47 Å². The second kappa shape index (κ2) is 7.73. The Hall–Kier alpha value is -2.21. The number of hydrogen-bond donors (Lipinski definition) is 0. The van der Waals surface area contributed by atoms with Crippen LogP contribution in [0.3, 0.4) is 0 Å². The van der Waals surface area contributed by atoms with E-state index in [1.165, 1.54) is 17.2 Å². The lowest BCUT2D eigenvalue weighted by atomic mass is 9.69. The summed E-state index contributed by atoms with van der Waals surface area (Å²) in [6.07, 6.45) is 5.13. The summed E-state index contributed by atoms with van der Waals surface area (Å²) in [5.74, 6) is 1.09. The number of nitrogens with zero attached hydrogens (tertiary/aromatic N) is 1. The molecule has 5 rings (SSSR count). The van der Waals surface area contributed by atoms with Gasteiger partial charge in [-0.15, -0.1) is 0 Å². The van der Waals surface area contributed by atoms with Crippen LogP contribution in [0.5, 0.6) is 11.5 Å². The Labute approximate surface area is 191 Å². The molecular weight excluding hydrogens is 437 g/mol. The normalized spacial score (nSPS) is 26.5. The van der Waals surface area contributed by atoms with E-state index in [-0.39, 0.29) is 16.5 Å². The van der Waals surface area contributed by atoms with Gasteiger partial charge in [0.2, 0.25) is 0 Å².